The minimum absolute atomic E-state index is 0.0728. The maximum atomic E-state index is 14.9. The number of hydrogen-bond acceptors (Lipinski definition) is 4. The number of carbonyl (C=O) groups is 2. The zero-order valence-electron chi connectivity index (χ0n) is 22.1. The summed E-state index contributed by atoms with van der Waals surface area (Å²) in [4.78, 5) is 28.1. The third-order valence-corrected chi connectivity index (χ3v) is 8.15. The van der Waals surface area contributed by atoms with Crippen molar-refractivity contribution < 1.29 is 22.4 Å². The molecule has 0 radical (unpaired) electrons. The molecular formula is C29H34FN3O4S. The fraction of sp³-hybridized carbons (Fsp3) is 0.310. The van der Waals surface area contributed by atoms with Gasteiger partial charge in [0, 0.05) is 12.6 Å². The summed E-state index contributed by atoms with van der Waals surface area (Å²) in [6.45, 7) is 6.60. The number of carbonyl (C=O) groups excluding carboxylic acids is 2. The van der Waals surface area contributed by atoms with E-state index in [2.05, 4.69) is 5.32 Å². The average molecular weight is 540 g/mol. The number of nitrogens with one attached hydrogen (secondary N) is 1. The molecule has 0 heterocycles. The monoisotopic (exact) mass is 539 g/mol. The van der Waals surface area contributed by atoms with Gasteiger partial charge >= 0.3 is 0 Å². The topological polar surface area (TPSA) is 86.8 Å². The molecule has 3 rings (SSSR count). The Kier molecular flexibility index (Phi) is 9.63. The minimum Gasteiger partial charge on any atom is -0.352 e. The number of para-hydroxylation sites is 1. The van der Waals surface area contributed by atoms with E-state index >= 15 is 0 Å². The number of hydrogen-bond donors (Lipinski definition) is 1. The lowest BCUT2D eigenvalue weighted by Gasteiger charge is -2.32. The van der Waals surface area contributed by atoms with Crippen LogP contribution in [-0.4, -0.2) is 43.8 Å². The molecule has 2 amide bonds. The Morgan fingerprint density at radius 1 is 0.921 bits per heavy atom. The van der Waals surface area contributed by atoms with Crippen LogP contribution in [-0.2, 0) is 26.2 Å². The second-order valence-electron chi connectivity index (χ2n) is 9.28. The van der Waals surface area contributed by atoms with Crippen LogP contribution in [0.3, 0.4) is 0 Å². The van der Waals surface area contributed by atoms with Gasteiger partial charge in [0.2, 0.25) is 11.8 Å². The fourth-order valence-corrected chi connectivity index (χ4v) is 5.25. The highest BCUT2D eigenvalue weighted by Crippen LogP contribution is 2.27. The second-order valence-corrected chi connectivity index (χ2v) is 11.1. The van der Waals surface area contributed by atoms with Crippen molar-refractivity contribution in [3.05, 3.63) is 95.8 Å². The lowest BCUT2D eigenvalue weighted by atomic mass is 10.1. The quantitative estimate of drug-likeness (QED) is 0.384. The molecule has 2 atom stereocenters. The summed E-state index contributed by atoms with van der Waals surface area (Å²) in [5.41, 5.74) is 1.37. The molecule has 202 valence electrons. The van der Waals surface area contributed by atoms with Crippen LogP contribution in [0.5, 0.6) is 0 Å². The summed E-state index contributed by atoms with van der Waals surface area (Å²) >= 11 is 0. The number of halogens is 1. The molecule has 9 heteroatoms. The maximum absolute atomic E-state index is 14.9. The highest BCUT2D eigenvalue weighted by atomic mass is 32.2. The molecule has 0 bridgehead atoms. The number of amides is 2. The Morgan fingerprint density at radius 2 is 1.53 bits per heavy atom. The van der Waals surface area contributed by atoms with Crippen LogP contribution in [0.2, 0.25) is 0 Å². The van der Waals surface area contributed by atoms with E-state index in [-0.39, 0.29) is 29.1 Å². The molecule has 0 aliphatic carbocycles. The third kappa shape index (κ3) is 6.98. The van der Waals surface area contributed by atoms with Gasteiger partial charge in [-0.05, 0) is 57.0 Å². The first-order valence-corrected chi connectivity index (χ1v) is 14.0. The van der Waals surface area contributed by atoms with Crippen molar-refractivity contribution in [1.82, 2.24) is 10.2 Å². The molecule has 38 heavy (non-hydrogen) atoms. The Labute approximate surface area is 224 Å². The van der Waals surface area contributed by atoms with E-state index in [1.54, 1.807) is 19.1 Å². The minimum atomic E-state index is -4.32. The van der Waals surface area contributed by atoms with Gasteiger partial charge in [-0.3, -0.25) is 13.9 Å². The number of rotatable bonds is 11. The van der Waals surface area contributed by atoms with Crippen molar-refractivity contribution in [2.45, 2.75) is 57.6 Å². The van der Waals surface area contributed by atoms with Gasteiger partial charge in [0.05, 0.1) is 10.6 Å². The zero-order chi connectivity index (χ0) is 27.9. The number of aryl methyl sites for hydroxylation is 1. The Bertz CT molecular complexity index is 1350. The third-order valence-electron chi connectivity index (χ3n) is 6.37. The standard InChI is InChI=1S/C29H34FN3O4S/c1-5-22(3)31-29(35)23(4)32(19-24-11-7-6-8-12-24)28(34)20-33(27-14-10-9-13-26(27)30)38(36,37)25-17-15-21(2)16-18-25/h6-18,22-23H,5,19-20H2,1-4H3,(H,31,35)/t22-,23-/m1/s1. The van der Waals surface area contributed by atoms with E-state index in [0.717, 1.165) is 21.5 Å². The maximum Gasteiger partial charge on any atom is 0.264 e. The molecule has 0 unspecified atom stereocenters. The lowest BCUT2D eigenvalue weighted by Crippen LogP contribution is -2.52. The Balaban J connectivity index is 2.02. The van der Waals surface area contributed by atoms with Crippen LogP contribution in [0.4, 0.5) is 10.1 Å². The number of anilines is 1. The number of benzene rings is 3. The van der Waals surface area contributed by atoms with Crippen LogP contribution in [0.1, 0.15) is 38.3 Å². The molecule has 3 aromatic rings. The summed E-state index contributed by atoms with van der Waals surface area (Å²) in [6, 6.07) is 19.6. The van der Waals surface area contributed by atoms with Crippen molar-refractivity contribution in [3.63, 3.8) is 0 Å². The Hall–Kier alpha value is -3.72. The van der Waals surface area contributed by atoms with Crippen LogP contribution < -0.4 is 9.62 Å². The molecule has 0 spiro atoms. The van der Waals surface area contributed by atoms with Gasteiger partial charge in [0.1, 0.15) is 18.4 Å². The van der Waals surface area contributed by atoms with E-state index in [1.165, 1.54) is 35.2 Å². The van der Waals surface area contributed by atoms with E-state index < -0.39 is 34.3 Å². The van der Waals surface area contributed by atoms with Crippen molar-refractivity contribution in [1.29, 1.82) is 0 Å². The molecule has 0 saturated heterocycles. The average Bonchev–Trinajstić information content (AvgIpc) is 2.91. The van der Waals surface area contributed by atoms with Gasteiger partial charge in [0.25, 0.3) is 10.0 Å². The first kappa shape index (κ1) is 28.8. The SMILES string of the molecule is CC[C@@H](C)NC(=O)[C@@H](C)N(Cc1ccccc1)C(=O)CN(c1ccccc1F)S(=O)(=O)c1ccc(C)cc1. The van der Waals surface area contributed by atoms with E-state index in [4.69, 9.17) is 0 Å². The van der Waals surface area contributed by atoms with Crippen molar-refractivity contribution in [2.75, 3.05) is 10.8 Å². The molecule has 3 aromatic carbocycles. The summed E-state index contributed by atoms with van der Waals surface area (Å²) < 4.78 is 43.1. The van der Waals surface area contributed by atoms with Gasteiger partial charge in [0.15, 0.2) is 0 Å². The number of sulfonamides is 1. The molecule has 0 aliphatic heterocycles. The van der Waals surface area contributed by atoms with Gasteiger partial charge in [-0.15, -0.1) is 0 Å². The molecule has 0 saturated carbocycles. The lowest BCUT2D eigenvalue weighted by molar-refractivity contribution is -0.139. The van der Waals surface area contributed by atoms with Gasteiger partial charge in [-0.2, -0.15) is 0 Å². The van der Waals surface area contributed by atoms with E-state index in [9.17, 15) is 22.4 Å². The Morgan fingerprint density at radius 3 is 2.13 bits per heavy atom. The summed E-state index contributed by atoms with van der Waals surface area (Å²) in [5, 5.41) is 2.88. The molecule has 7 nitrogen and oxygen atoms in total. The van der Waals surface area contributed by atoms with Crippen LogP contribution >= 0.6 is 0 Å². The first-order valence-electron chi connectivity index (χ1n) is 12.5. The highest BCUT2D eigenvalue weighted by Gasteiger charge is 2.33. The van der Waals surface area contributed by atoms with Crippen molar-refractivity contribution in [3.8, 4) is 0 Å². The normalized spacial score (nSPS) is 12.9. The molecule has 0 aromatic heterocycles. The van der Waals surface area contributed by atoms with Gasteiger partial charge in [-0.1, -0.05) is 67.1 Å². The second kappa shape index (κ2) is 12.7. The molecular weight excluding hydrogens is 505 g/mol. The van der Waals surface area contributed by atoms with Gasteiger partial charge < -0.3 is 10.2 Å². The molecule has 0 aliphatic rings. The fourth-order valence-electron chi connectivity index (χ4n) is 3.83. The zero-order valence-corrected chi connectivity index (χ0v) is 22.9. The van der Waals surface area contributed by atoms with Crippen LogP contribution in [0.25, 0.3) is 0 Å². The molecule has 0 fully saturated rings. The van der Waals surface area contributed by atoms with Crippen LogP contribution in [0, 0.1) is 12.7 Å². The highest BCUT2D eigenvalue weighted by molar-refractivity contribution is 7.92. The van der Waals surface area contributed by atoms with Crippen molar-refractivity contribution in [2.24, 2.45) is 0 Å². The summed E-state index contributed by atoms with van der Waals surface area (Å²) in [5.74, 6) is -1.78. The van der Waals surface area contributed by atoms with Gasteiger partial charge in [-0.25, -0.2) is 12.8 Å². The smallest absolute Gasteiger partial charge is 0.264 e. The van der Waals surface area contributed by atoms with Crippen LogP contribution in [0.15, 0.2) is 83.8 Å². The van der Waals surface area contributed by atoms with E-state index in [0.29, 0.717) is 6.42 Å². The van der Waals surface area contributed by atoms with E-state index in [1.807, 2.05) is 51.1 Å². The summed E-state index contributed by atoms with van der Waals surface area (Å²) in [7, 11) is -4.32. The largest absolute Gasteiger partial charge is 0.352 e. The number of nitrogens with zero attached hydrogens (tertiary/aromatic N) is 2. The van der Waals surface area contributed by atoms with Crippen molar-refractivity contribution >= 4 is 27.5 Å². The summed E-state index contributed by atoms with van der Waals surface area (Å²) in [6.07, 6.45) is 0.709. The first-order chi connectivity index (χ1) is 18.0. The molecule has 1 N–H and O–H groups in total. The predicted molar refractivity (Wildman–Crippen MR) is 146 cm³/mol. The predicted octanol–water partition coefficient (Wildman–Crippen LogP) is 4.66.